The SMILES string of the molecule is COc1ccc(CCNc2cnnc(Nc3ccc(OC)c(Cl)c3)n2)cc1. The van der Waals surface area contributed by atoms with Gasteiger partial charge in [0.05, 0.1) is 25.4 Å². The van der Waals surface area contributed by atoms with E-state index in [4.69, 9.17) is 21.1 Å². The Morgan fingerprint density at radius 1 is 1.04 bits per heavy atom. The Morgan fingerprint density at radius 3 is 2.56 bits per heavy atom. The third-order valence-corrected chi connectivity index (χ3v) is 4.14. The van der Waals surface area contributed by atoms with Crippen molar-refractivity contribution in [2.45, 2.75) is 6.42 Å². The second-order valence-electron chi connectivity index (χ2n) is 5.66. The van der Waals surface area contributed by atoms with Crippen molar-refractivity contribution >= 4 is 29.1 Å². The second-order valence-corrected chi connectivity index (χ2v) is 6.07. The Labute approximate surface area is 162 Å². The number of nitrogens with zero attached hydrogens (tertiary/aromatic N) is 3. The fraction of sp³-hybridized carbons (Fsp3) is 0.211. The van der Waals surface area contributed by atoms with Crippen LogP contribution in [0, 0.1) is 0 Å². The zero-order chi connectivity index (χ0) is 19.1. The molecule has 0 radical (unpaired) electrons. The first-order chi connectivity index (χ1) is 13.2. The molecule has 0 fully saturated rings. The monoisotopic (exact) mass is 385 g/mol. The summed E-state index contributed by atoms with van der Waals surface area (Å²) in [6, 6.07) is 13.3. The van der Waals surface area contributed by atoms with Crippen LogP contribution in [0.2, 0.25) is 5.02 Å². The lowest BCUT2D eigenvalue weighted by molar-refractivity contribution is 0.414. The van der Waals surface area contributed by atoms with Crippen LogP contribution in [0.4, 0.5) is 17.5 Å². The van der Waals surface area contributed by atoms with Crippen molar-refractivity contribution in [3.05, 3.63) is 59.2 Å². The molecule has 1 aromatic heterocycles. The summed E-state index contributed by atoms with van der Waals surface area (Å²) in [6.45, 7) is 0.721. The van der Waals surface area contributed by atoms with Crippen LogP contribution in [0.15, 0.2) is 48.7 Å². The molecule has 3 aromatic rings. The quantitative estimate of drug-likeness (QED) is 0.607. The summed E-state index contributed by atoms with van der Waals surface area (Å²) in [5.41, 5.74) is 1.95. The molecule has 0 aliphatic heterocycles. The molecule has 0 aliphatic rings. The molecule has 0 unspecified atom stereocenters. The highest BCUT2D eigenvalue weighted by Gasteiger charge is 2.05. The Balaban J connectivity index is 1.57. The molecule has 0 bridgehead atoms. The maximum Gasteiger partial charge on any atom is 0.249 e. The predicted molar refractivity (Wildman–Crippen MR) is 106 cm³/mol. The largest absolute Gasteiger partial charge is 0.497 e. The van der Waals surface area contributed by atoms with E-state index in [2.05, 4.69) is 25.8 Å². The molecule has 0 spiro atoms. The predicted octanol–water partition coefficient (Wildman–Crippen LogP) is 3.94. The minimum absolute atomic E-state index is 0.380. The minimum Gasteiger partial charge on any atom is -0.497 e. The highest BCUT2D eigenvalue weighted by Crippen LogP contribution is 2.28. The number of halogens is 1. The first kappa shape index (κ1) is 18.7. The van der Waals surface area contributed by atoms with E-state index in [1.807, 2.05) is 30.3 Å². The van der Waals surface area contributed by atoms with E-state index >= 15 is 0 Å². The molecule has 0 aliphatic carbocycles. The lowest BCUT2D eigenvalue weighted by Gasteiger charge is -2.09. The number of aromatic nitrogens is 3. The minimum atomic E-state index is 0.380. The smallest absolute Gasteiger partial charge is 0.249 e. The zero-order valence-electron chi connectivity index (χ0n) is 15.1. The van der Waals surface area contributed by atoms with Crippen LogP contribution in [0.5, 0.6) is 11.5 Å². The van der Waals surface area contributed by atoms with Crippen molar-refractivity contribution in [2.75, 3.05) is 31.4 Å². The highest BCUT2D eigenvalue weighted by atomic mass is 35.5. The number of anilines is 3. The van der Waals surface area contributed by atoms with E-state index in [0.29, 0.717) is 22.5 Å². The summed E-state index contributed by atoms with van der Waals surface area (Å²) >= 11 is 6.13. The van der Waals surface area contributed by atoms with Crippen LogP contribution in [-0.2, 0) is 6.42 Å². The van der Waals surface area contributed by atoms with Crippen molar-refractivity contribution < 1.29 is 9.47 Å². The zero-order valence-corrected chi connectivity index (χ0v) is 15.8. The summed E-state index contributed by atoms with van der Waals surface area (Å²) in [5.74, 6) is 2.47. The fourth-order valence-electron chi connectivity index (χ4n) is 2.44. The molecule has 140 valence electrons. The Hall–Kier alpha value is -3.06. The third-order valence-electron chi connectivity index (χ3n) is 3.85. The van der Waals surface area contributed by atoms with Gasteiger partial charge < -0.3 is 20.1 Å². The van der Waals surface area contributed by atoms with Crippen molar-refractivity contribution in [2.24, 2.45) is 0 Å². The number of hydrogen-bond acceptors (Lipinski definition) is 7. The molecule has 27 heavy (non-hydrogen) atoms. The van der Waals surface area contributed by atoms with Gasteiger partial charge in [0.1, 0.15) is 11.5 Å². The van der Waals surface area contributed by atoms with Crippen molar-refractivity contribution in [1.82, 2.24) is 15.2 Å². The third kappa shape index (κ3) is 5.21. The van der Waals surface area contributed by atoms with Gasteiger partial charge in [-0.15, -0.1) is 5.10 Å². The fourth-order valence-corrected chi connectivity index (χ4v) is 2.70. The number of hydrogen-bond donors (Lipinski definition) is 2. The summed E-state index contributed by atoms with van der Waals surface area (Å²) in [7, 11) is 3.23. The van der Waals surface area contributed by atoms with Crippen molar-refractivity contribution in [3.8, 4) is 11.5 Å². The molecular formula is C19H20ClN5O2. The average molecular weight is 386 g/mol. The summed E-state index contributed by atoms with van der Waals surface area (Å²) in [4.78, 5) is 4.41. The molecule has 1 heterocycles. The van der Waals surface area contributed by atoms with Gasteiger partial charge in [0.2, 0.25) is 5.95 Å². The van der Waals surface area contributed by atoms with Gasteiger partial charge >= 0.3 is 0 Å². The maximum absolute atomic E-state index is 6.13. The average Bonchev–Trinajstić information content (AvgIpc) is 2.69. The van der Waals surface area contributed by atoms with E-state index in [1.54, 1.807) is 32.5 Å². The number of nitrogens with one attached hydrogen (secondary N) is 2. The number of methoxy groups -OCH3 is 2. The van der Waals surface area contributed by atoms with Crippen LogP contribution in [0.3, 0.4) is 0 Å². The van der Waals surface area contributed by atoms with Gasteiger partial charge in [-0.1, -0.05) is 23.7 Å². The molecular weight excluding hydrogens is 366 g/mol. The molecule has 8 heteroatoms. The van der Waals surface area contributed by atoms with Gasteiger partial charge in [0.15, 0.2) is 5.82 Å². The van der Waals surface area contributed by atoms with E-state index in [0.717, 1.165) is 24.4 Å². The second kappa shape index (κ2) is 9.05. The van der Waals surface area contributed by atoms with E-state index in [1.165, 1.54) is 5.56 Å². The summed E-state index contributed by atoms with van der Waals surface area (Å²) in [6.07, 6.45) is 2.44. The normalized spacial score (nSPS) is 10.3. The van der Waals surface area contributed by atoms with E-state index in [-0.39, 0.29) is 0 Å². The molecule has 7 nitrogen and oxygen atoms in total. The van der Waals surface area contributed by atoms with Crippen LogP contribution >= 0.6 is 11.6 Å². The van der Waals surface area contributed by atoms with Crippen molar-refractivity contribution in [3.63, 3.8) is 0 Å². The molecule has 0 amide bonds. The standard InChI is InChI=1S/C19H20ClN5O2/c1-26-15-6-3-13(4-7-15)9-10-21-18-12-22-25-19(24-18)23-14-5-8-17(27-2)16(20)11-14/h3-8,11-12H,9-10H2,1-2H3,(H2,21,23,24,25). The summed E-state index contributed by atoms with van der Waals surface area (Å²) < 4.78 is 10.3. The van der Waals surface area contributed by atoms with Gasteiger partial charge in [-0.25, -0.2) is 0 Å². The number of rotatable bonds is 8. The molecule has 0 saturated heterocycles. The van der Waals surface area contributed by atoms with Crippen LogP contribution in [0.1, 0.15) is 5.56 Å². The Bertz CT molecular complexity index is 890. The van der Waals surface area contributed by atoms with Crippen molar-refractivity contribution in [1.29, 1.82) is 0 Å². The first-order valence-electron chi connectivity index (χ1n) is 8.35. The van der Waals surface area contributed by atoms with Crippen LogP contribution < -0.4 is 20.1 Å². The van der Waals surface area contributed by atoms with Gasteiger partial charge in [0.25, 0.3) is 0 Å². The van der Waals surface area contributed by atoms with Gasteiger partial charge in [-0.2, -0.15) is 10.1 Å². The lowest BCUT2D eigenvalue weighted by atomic mass is 10.1. The van der Waals surface area contributed by atoms with Gasteiger partial charge in [-0.05, 0) is 42.3 Å². The van der Waals surface area contributed by atoms with E-state index in [9.17, 15) is 0 Å². The van der Waals surface area contributed by atoms with Gasteiger partial charge in [0, 0.05) is 12.2 Å². The lowest BCUT2D eigenvalue weighted by Crippen LogP contribution is -2.08. The Morgan fingerprint density at radius 2 is 1.85 bits per heavy atom. The number of ether oxygens (including phenoxy) is 2. The topological polar surface area (TPSA) is 81.2 Å². The summed E-state index contributed by atoms with van der Waals surface area (Å²) in [5, 5.41) is 14.8. The molecule has 2 N–H and O–H groups in total. The molecule has 2 aromatic carbocycles. The van der Waals surface area contributed by atoms with Gasteiger partial charge in [-0.3, -0.25) is 0 Å². The Kier molecular flexibility index (Phi) is 6.27. The molecule has 3 rings (SSSR count). The highest BCUT2D eigenvalue weighted by molar-refractivity contribution is 6.32. The first-order valence-corrected chi connectivity index (χ1v) is 8.73. The maximum atomic E-state index is 6.13. The van der Waals surface area contributed by atoms with E-state index < -0.39 is 0 Å². The van der Waals surface area contributed by atoms with Crippen LogP contribution in [0.25, 0.3) is 0 Å². The molecule has 0 saturated carbocycles. The van der Waals surface area contributed by atoms with Crippen LogP contribution in [-0.4, -0.2) is 35.9 Å². The molecule has 0 atom stereocenters. The number of benzene rings is 2.